The highest BCUT2D eigenvalue weighted by Gasteiger charge is 2.22. The summed E-state index contributed by atoms with van der Waals surface area (Å²) >= 11 is 3.59. The van der Waals surface area contributed by atoms with E-state index in [0.29, 0.717) is 5.69 Å². The van der Waals surface area contributed by atoms with Crippen molar-refractivity contribution in [1.82, 2.24) is 9.97 Å². The topological polar surface area (TPSA) is 67.3 Å². The lowest BCUT2D eigenvalue weighted by Gasteiger charge is -2.28. The second kappa shape index (κ2) is 7.74. The number of aromatic nitrogens is 2. The summed E-state index contributed by atoms with van der Waals surface area (Å²) in [7, 11) is 1.61. The van der Waals surface area contributed by atoms with Crippen molar-refractivity contribution >= 4 is 51.4 Å². The van der Waals surface area contributed by atoms with Gasteiger partial charge in [-0.2, -0.15) is 11.8 Å². The summed E-state index contributed by atoms with van der Waals surface area (Å²) in [5.74, 6) is 3.65. The van der Waals surface area contributed by atoms with Gasteiger partial charge in [-0.1, -0.05) is 0 Å². The molecule has 8 heteroatoms. The number of carbonyl (C=O) groups excluding carboxylic acids is 1. The maximum Gasteiger partial charge on any atom is 0.293 e. The second-order valence-corrected chi connectivity index (χ2v) is 8.51. The Hall–Kier alpha value is -2.32. The van der Waals surface area contributed by atoms with E-state index in [1.807, 2.05) is 17.1 Å². The number of rotatable bonds is 4. The molecule has 0 saturated carbocycles. The fraction of sp³-hybridized carbons (Fsp3) is 0.316. The Morgan fingerprint density at radius 2 is 1.93 bits per heavy atom. The molecule has 0 aliphatic carbocycles. The summed E-state index contributed by atoms with van der Waals surface area (Å²) in [6.07, 6.45) is 0. The van der Waals surface area contributed by atoms with Crippen LogP contribution in [0.3, 0.4) is 0 Å². The van der Waals surface area contributed by atoms with Crippen LogP contribution in [0.5, 0.6) is 5.75 Å². The first kappa shape index (κ1) is 18.1. The predicted molar refractivity (Wildman–Crippen MR) is 113 cm³/mol. The smallest absolute Gasteiger partial charge is 0.293 e. The second-order valence-electron chi connectivity index (χ2n) is 6.20. The van der Waals surface area contributed by atoms with Gasteiger partial charge in [0.2, 0.25) is 5.82 Å². The van der Waals surface area contributed by atoms with Gasteiger partial charge < -0.3 is 15.0 Å². The molecular weight excluding hydrogens is 380 g/mol. The molecule has 3 heterocycles. The fourth-order valence-electron chi connectivity index (χ4n) is 3.06. The van der Waals surface area contributed by atoms with Gasteiger partial charge in [0.1, 0.15) is 11.6 Å². The highest BCUT2D eigenvalue weighted by molar-refractivity contribution is 7.99. The number of aryl methyl sites for hydroxylation is 1. The van der Waals surface area contributed by atoms with Gasteiger partial charge in [-0.25, -0.2) is 9.97 Å². The molecule has 1 N–H and O–H groups in total. The van der Waals surface area contributed by atoms with Crippen LogP contribution in [0.15, 0.2) is 29.6 Å². The normalized spacial score (nSPS) is 14.4. The first-order chi connectivity index (χ1) is 13.2. The average Bonchev–Trinajstić information content (AvgIpc) is 3.09. The number of thioether (sulfide) groups is 1. The van der Waals surface area contributed by atoms with Crippen molar-refractivity contribution in [3.63, 3.8) is 0 Å². The van der Waals surface area contributed by atoms with Gasteiger partial charge in [-0.3, -0.25) is 4.79 Å². The molecule has 0 atom stereocenters. The van der Waals surface area contributed by atoms with Gasteiger partial charge in [0.15, 0.2) is 0 Å². The van der Waals surface area contributed by atoms with E-state index in [1.165, 1.54) is 4.88 Å². The molecular formula is C19H20N4O2S2. The van der Waals surface area contributed by atoms with E-state index in [-0.39, 0.29) is 11.7 Å². The van der Waals surface area contributed by atoms with E-state index in [1.54, 1.807) is 42.7 Å². The van der Waals surface area contributed by atoms with Gasteiger partial charge in [0.25, 0.3) is 5.91 Å². The maximum atomic E-state index is 12.8. The first-order valence-corrected chi connectivity index (χ1v) is 10.7. The quantitative estimate of drug-likeness (QED) is 0.718. The molecule has 1 fully saturated rings. The summed E-state index contributed by atoms with van der Waals surface area (Å²) < 4.78 is 5.15. The number of amides is 1. The molecule has 0 unspecified atom stereocenters. The lowest BCUT2D eigenvalue weighted by Crippen LogP contribution is -2.34. The highest BCUT2D eigenvalue weighted by atomic mass is 32.2. The third-order valence-electron chi connectivity index (χ3n) is 4.48. The number of ether oxygens (including phenoxy) is 1. The SMILES string of the molecule is COc1ccc(NC(=O)c2nc(N3CCSCC3)c3c(C)scc3n2)cc1. The summed E-state index contributed by atoms with van der Waals surface area (Å²) in [4.78, 5) is 25.4. The van der Waals surface area contributed by atoms with Crippen LogP contribution in [0.25, 0.3) is 10.9 Å². The average molecular weight is 401 g/mol. The molecule has 1 amide bonds. The van der Waals surface area contributed by atoms with Gasteiger partial charge in [-0.15, -0.1) is 11.3 Å². The molecule has 0 radical (unpaired) electrons. The number of nitrogens with zero attached hydrogens (tertiary/aromatic N) is 3. The van der Waals surface area contributed by atoms with Crippen molar-refractivity contribution in [3.8, 4) is 5.75 Å². The third-order valence-corrected chi connectivity index (χ3v) is 6.32. The number of methoxy groups -OCH3 is 1. The maximum absolute atomic E-state index is 12.8. The predicted octanol–water partition coefficient (Wildman–Crippen LogP) is 3.81. The zero-order valence-electron chi connectivity index (χ0n) is 15.2. The van der Waals surface area contributed by atoms with Crippen molar-refractivity contribution in [2.45, 2.75) is 6.92 Å². The van der Waals surface area contributed by atoms with Gasteiger partial charge >= 0.3 is 0 Å². The van der Waals surface area contributed by atoms with E-state index in [0.717, 1.165) is 47.1 Å². The van der Waals surface area contributed by atoms with E-state index in [9.17, 15) is 4.79 Å². The van der Waals surface area contributed by atoms with Gasteiger partial charge in [0, 0.05) is 40.5 Å². The van der Waals surface area contributed by atoms with Crippen molar-refractivity contribution in [3.05, 3.63) is 40.3 Å². The van der Waals surface area contributed by atoms with Crippen molar-refractivity contribution in [2.75, 3.05) is 41.9 Å². The number of fused-ring (bicyclic) bond motifs is 1. The van der Waals surface area contributed by atoms with Crippen molar-refractivity contribution in [2.24, 2.45) is 0 Å². The molecule has 1 aromatic carbocycles. The molecule has 1 saturated heterocycles. The van der Waals surface area contributed by atoms with Crippen LogP contribution in [0.1, 0.15) is 15.5 Å². The molecule has 140 valence electrons. The minimum absolute atomic E-state index is 0.198. The zero-order valence-corrected chi connectivity index (χ0v) is 16.8. The zero-order chi connectivity index (χ0) is 18.8. The number of nitrogens with one attached hydrogen (secondary N) is 1. The summed E-state index contributed by atoms with van der Waals surface area (Å²) in [6, 6.07) is 7.21. The van der Waals surface area contributed by atoms with Gasteiger partial charge in [0.05, 0.1) is 18.0 Å². The van der Waals surface area contributed by atoms with E-state index in [2.05, 4.69) is 27.1 Å². The molecule has 1 aliphatic heterocycles. The number of anilines is 2. The van der Waals surface area contributed by atoms with Crippen LogP contribution >= 0.6 is 23.1 Å². The van der Waals surface area contributed by atoms with E-state index < -0.39 is 0 Å². The Bertz CT molecular complexity index is 966. The third kappa shape index (κ3) is 3.72. The van der Waals surface area contributed by atoms with Crippen LogP contribution in [-0.2, 0) is 0 Å². The van der Waals surface area contributed by atoms with Crippen LogP contribution in [-0.4, -0.2) is 47.6 Å². The van der Waals surface area contributed by atoms with Gasteiger partial charge in [-0.05, 0) is 31.2 Å². The number of carbonyl (C=O) groups is 1. The molecule has 27 heavy (non-hydrogen) atoms. The number of thiophene rings is 1. The summed E-state index contributed by atoms with van der Waals surface area (Å²) in [5.41, 5.74) is 1.52. The van der Waals surface area contributed by atoms with Crippen LogP contribution in [0.4, 0.5) is 11.5 Å². The van der Waals surface area contributed by atoms with Crippen molar-refractivity contribution < 1.29 is 9.53 Å². The van der Waals surface area contributed by atoms with Crippen LogP contribution < -0.4 is 15.0 Å². The Morgan fingerprint density at radius 1 is 1.19 bits per heavy atom. The molecule has 2 aromatic heterocycles. The molecule has 4 rings (SSSR count). The molecule has 0 bridgehead atoms. The first-order valence-electron chi connectivity index (χ1n) is 8.69. The monoisotopic (exact) mass is 400 g/mol. The lowest BCUT2D eigenvalue weighted by atomic mass is 10.2. The Morgan fingerprint density at radius 3 is 2.63 bits per heavy atom. The number of hydrogen-bond donors (Lipinski definition) is 1. The molecule has 6 nitrogen and oxygen atoms in total. The Balaban J connectivity index is 1.67. The summed E-state index contributed by atoms with van der Waals surface area (Å²) in [6.45, 7) is 3.95. The Kier molecular flexibility index (Phi) is 5.18. The van der Waals surface area contributed by atoms with Crippen molar-refractivity contribution in [1.29, 1.82) is 0 Å². The molecule has 0 spiro atoms. The van der Waals surface area contributed by atoms with E-state index >= 15 is 0 Å². The minimum atomic E-state index is -0.307. The van der Waals surface area contributed by atoms with E-state index in [4.69, 9.17) is 4.74 Å². The number of hydrogen-bond acceptors (Lipinski definition) is 7. The fourth-order valence-corrected chi connectivity index (χ4v) is 4.73. The largest absolute Gasteiger partial charge is 0.497 e. The Labute approximate surface area is 166 Å². The number of benzene rings is 1. The molecule has 3 aromatic rings. The summed E-state index contributed by atoms with van der Waals surface area (Å²) in [5, 5.41) is 5.93. The standard InChI is InChI=1S/C19H20N4O2S2/c1-12-16-15(11-27-12)21-17(22-18(16)23-7-9-26-10-8-23)19(24)20-13-3-5-14(25-2)6-4-13/h3-6,11H,7-10H2,1-2H3,(H,20,24). The molecule has 1 aliphatic rings. The highest BCUT2D eigenvalue weighted by Crippen LogP contribution is 2.32. The van der Waals surface area contributed by atoms with Crippen LogP contribution in [0, 0.1) is 6.92 Å². The minimum Gasteiger partial charge on any atom is -0.497 e. The lowest BCUT2D eigenvalue weighted by molar-refractivity contribution is 0.101. The van der Waals surface area contributed by atoms with Crippen LogP contribution in [0.2, 0.25) is 0 Å².